The first-order valence-electron chi connectivity index (χ1n) is 7.98. The van der Waals surface area contributed by atoms with Gasteiger partial charge in [-0.15, -0.1) is 0 Å². The van der Waals surface area contributed by atoms with Gasteiger partial charge in [-0.25, -0.2) is 9.79 Å². The molecule has 0 unspecified atom stereocenters. The maximum absolute atomic E-state index is 12.1. The van der Waals surface area contributed by atoms with Gasteiger partial charge in [0.25, 0.3) is 0 Å². The Morgan fingerprint density at radius 1 is 1.08 bits per heavy atom. The molecule has 0 fully saturated rings. The van der Waals surface area contributed by atoms with E-state index in [1.807, 2.05) is 18.2 Å². The van der Waals surface area contributed by atoms with Crippen molar-refractivity contribution in [2.75, 3.05) is 14.2 Å². The third kappa shape index (κ3) is 3.55. The predicted molar refractivity (Wildman–Crippen MR) is 96.0 cm³/mol. The quantitative estimate of drug-likeness (QED) is 0.618. The molecule has 25 heavy (non-hydrogen) atoms. The van der Waals surface area contributed by atoms with Gasteiger partial charge in [-0.1, -0.05) is 13.0 Å². The predicted octanol–water partition coefficient (Wildman–Crippen LogP) is 3.61. The molecular formula is C20H19NO4. The van der Waals surface area contributed by atoms with Crippen LogP contribution in [0.15, 0.2) is 53.2 Å². The lowest BCUT2D eigenvalue weighted by molar-refractivity contribution is -0.129. The number of ether oxygens (including phenoxy) is 3. The highest BCUT2D eigenvalue weighted by Gasteiger charge is 2.24. The van der Waals surface area contributed by atoms with Crippen LogP contribution in [0.3, 0.4) is 0 Å². The van der Waals surface area contributed by atoms with Crippen molar-refractivity contribution in [2.24, 2.45) is 4.99 Å². The van der Waals surface area contributed by atoms with Crippen molar-refractivity contribution in [2.45, 2.75) is 13.3 Å². The van der Waals surface area contributed by atoms with E-state index in [0.29, 0.717) is 5.90 Å². The molecule has 0 atom stereocenters. The van der Waals surface area contributed by atoms with E-state index in [-0.39, 0.29) is 5.70 Å². The molecule has 1 heterocycles. The molecule has 0 aliphatic carbocycles. The summed E-state index contributed by atoms with van der Waals surface area (Å²) in [5.74, 6) is 1.40. The van der Waals surface area contributed by atoms with Gasteiger partial charge in [-0.3, -0.25) is 0 Å². The fourth-order valence-electron chi connectivity index (χ4n) is 2.59. The normalized spacial score (nSPS) is 15.1. The molecule has 3 rings (SSSR count). The van der Waals surface area contributed by atoms with Crippen LogP contribution in [0.2, 0.25) is 0 Å². The van der Waals surface area contributed by atoms with Gasteiger partial charge < -0.3 is 14.2 Å². The van der Waals surface area contributed by atoms with Gasteiger partial charge in [-0.2, -0.15) is 0 Å². The van der Waals surface area contributed by atoms with Crippen LogP contribution in [0.1, 0.15) is 23.6 Å². The number of benzene rings is 2. The van der Waals surface area contributed by atoms with Crippen LogP contribution in [-0.2, 0) is 16.0 Å². The minimum Gasteiger partial charge on any atom is -0.497 e. The Bertz CT molecular complexity index is 850. The summed E-state index contributed by atoms with van der Waals surface area (Å²) in [5.41, 5.74) is 2.95. The second-order valence-electron chi connectivity index (χ2n) is 5.49. The van der Waals surface area contributed by atoms with E-state index in [1.54, 1.807) is 44.6 Å². The van der Waals surface area contributed by atoms with Crippen molar-refractivity contribution in [1.82, 2.24) is 0 Å². The summed E-state index contributed by atoms with van der Waals surface area (Å²) < 4.78 is 15.7. The van der Waals surface area contributed by atoms with Crippen LogP contribution in [0.25, 0.3) is 6.08 Å². The van der Waals surface area contributed by atoms with Crippen molar-refractivity contribution >= 4 is 17.9 Å². The lowest BCUT2D eigenvalue weighted by atomic mass is 10.1. The van der Waals surface area contributed by atoms with E-state index in [0.717, 1.165) is 34.6 Å². The second-order valence-corrected chi connectivity index (χ2v) is 5.49. The Morgan fingerprint density at radius 3 is 2.48 bits per heavy atom. The maximum Gasteiger partial charge on any atom is 0.363 e. The minimum atomic E-state index is -0.459. The van der Waals surface area contributed by atoms with Gasteiger partial charge in [0.2, 0.25) is 5.90 Å². The number of aryl methyl sites for hydroxylation is 1. The monoisotopic (exact) mass is 337 g/mol. The fraction of sp³-hybridized carbons (Fsp3) is 0.200. The topological polar surface area (TPSA) is 57.1 Å². The standard InChI is InChI=1S/C20H19NO4/c1-4-14-11-13(5-10-18(14)24-3)12-17-20(22)25-19(21-17)15-6-8-16(23-2)9-7-15/h5-12H,4H2,1-3H3/b17-12+. The second kappa shape index (κ2) is 7.21. The Kier molecular flexibility index (Phi) is 4.84. The Labute approximate surface area is 146 Å². The number of hydrogen-bond acceptors (Lipinski definition) is 5. The summed E-state index contributed by atoms with van der Waals surface area (Å²) in [6.07, 6.45) is 2.56. The highest BCUT2D eigenvalue weighted by atomic mass is 16.6. The summed E-state index contributed by atoms with van der Waals surface area (Å²) in [4.78, 5) is 16.4. The van der Waals surface area contributed by atoms with Crippen molar-refractivity contribution in [3.05, 3.63) is 64.9 Å². The van der Waals surface area contributed by atoms with E-state index < -0.39 is 5.97 Å². The Morgan fingerprint density at radius 2 is 1.84 bits per heavy atom. The van der Waals surface area contributed by atoms with Crippen LogP contribution in [0.5, 0.6) is 11.5 Å². The smallest absolute Gasteiger partial charge is 0.363 e. The van der Waals surface area contributed by atoms with E-state index in [1.165, 1.54) is 0 Å². The first kappa shape index (κ1) is 16.8. The molecule has 0 saturated heterocycles. The highest BCUT2D eigenvalue weighted by Crippen LogP contribution is 2.24. The van der Waals surface area contributed by atoms with Crippen molar-refractivity contribution in [3.8, 4) is 11.5 Å². The molecule has 5 nitrogen and oxygen atoms in total. The van der Waals surface area contributed by atoms with Crippen molar-refractivity contribution < 1.29 is 19.0 Å². The lowest BCUT2D eigenvalue weighted by Crippen LogP contribution is -2.05. The molecule has 0 radical (unpaired) electrons. The van der Waals surface area contributed by atoms with Crippen LogP contribution in [-0.4, -0.2) is 26.1 Å². The van der Waals surface area contributed by atoms with E-state index >= 15 is 0 Å². The highest BCUT2D eigenvalue weighted by molar-refractivity contribution is 6.12. The third-order valence-electron chi connectivity index (χ3n) is 3.95. The average Bonchev–Trinajstić information content (AvgIpc) is 3.02. The van der Waals surface area contributed by atoms with Gasteiger partial charge in [0.1, 0.15) is 11.5 Å². The largest absolute Gasteiger partial charge is 0.497 e. The van der Waals surface area contributed by atoms with E-state index in [4.69, 9.17) is 14.2 Å². The van der Waals surface area contributed by atoms with Gasteiger partial charge >= 0.3 is 5.97 Å². The van der Waals surface area contributed by atoms with Crippen molar-refractivity contribution in [1.29, 1.82) is 0 Å². The SMILES string of the molecule is CCc1cc(/C=C2/N=C(c3ccc(OC)cc3)OC2=O)ccc1OC. The molecule has 0 spiro atoms. The van der Waals surface area contributed by atoms with Crippen molar-refractivity contribution in [3.63, 3.8) is 0 Å². The number of esters is 1. The molecule has 5 heteroatoms. The van der Waals surface area contributed by atoms with Crippen LogP contribution in [0.4, 0.5) is 0 Å². The van der Waals surface area contributed by atoms with Gasteiger partial charge in [0, 0.05) is 5.56 Å². The molecule has 0 aromatic heterocycles. The number of aliphatic imine (C=N–C) groups is 1. The summed E-state index contributed by atoms with van der Waals surface area (Å²) in [6, 6.07) is 13.0. The Hall–Kier alpha value is -3.08. The number of methoxy groups -OCH3 is 2. The van der Waals surface area contributed by atoms with Gasteiger partial charge in [-0.05, 0) is 60.0 Å². The number of carbonyl (C=O) groups is 1. The summed E-state index contributed by atoms with van der Waals surface area (Å²) >= 11 is 0. The first-order valence-corrected chi connectivity index (χ1v) is 7.98. The zero-order valence-electron chi connectivity index (χ0n) is 14.4. The molecule has 1 aliphatic heterocycles. The first-order chi connectivity index (χ1) is 12.1. The molecule has 128 valence electrons. The van der Waals surface area contributed by atoms with Crippen LogP contribution in [0, 0.1) is 0 Å². The van der Waals surface area contributed by atoms with E-state index in [9.17, 15) is 4.79 Å². The van der Waals surface area contributed by atoms with Crippen LogP contribution < -0.4 is 9.47 Å². The zero-order valence-corrected chi connectivity index (χ0v) is 14.4. The van der Waals surface area contributed by atoms with Gasteiger partial charge in [0.15, 0.2) is 5.70 Å². The summed E-state index contributed by atoms with van der Waals surface area (Å²) in [7, 11) is 3.24. The molecule has 2 aromatic rings. The maximum atomic E-state index is 12.1. The summed E-state index contributed by atoms with van der Waals surface area (Å²) in [5, 5.41) is 0. The Balaban J connectivity index is 1.90. The number of cyclic esters (lactones) is 1. The molecule has 0 bridgehead atoms. The zero-order chi connectivity index (χ0) is 17.8. The number of rotatable bonds is 5. The van der Waals surface area contributed by atoms with Gasteiger partial charge in [0.05, 0.1) is 14.2 Å². The average molecular weight is 337 g/mol. The molecular weight excluding hydrogens is 318 g/mol. The third-order valence-corrected chi connectivity index (χ3v) is 3.95. The number of hydrogen-bond donors (Lipinski definition) is 0. The minimum absolute atomic E-state index is 0.276. The lowest BCUT2D eigenvalue weighted by Gasteiger charge is -2.07. The van der Waals surface area contributed by atoms with Crippen LogP contribution >= 0.6 is 0 Å². The molecule has 0 amide bonds. The molecule has 1 aliphatic rings. The fourth-order valence-corrected chi connectivity index (χ4v) is 2.59. The number of carbonyl (C=O) groups excluding carboxylic acids is 1. The van der Waals surface area contributed by atoms with E-state index in [2.05, 4.69) is 11.9 Å². The summed E-state index contributed by atoms with van der Waals surface area (Å²) in [6.45, 7) is 2.05. The molecule has 0 saturated carbocycles. The molecule has 2 aromatic carbocycles. The number of nitrogens with zero attached hydrogens (tertiary/aromatic N) is 1. The molecule has 0 N–H and O–H groups in total.